The third kappa shape index (κ3) is 6.90. The van der Waals surface area contributed by atoms with E-state index in [2.05, 4.69) is 26.9 Å². The van der Waals surface area contributed by atoms with E-state index in [0.29, 0.717) is 39.8 Å². The van der Waals surface area contributed by atoms with E-state index < -0.39 is 11.9 Å². The molecule has 2 aliphatic rings. The van der Waals surface area contributed by atoms with Crippen LogP contribution >= 0.6 is 0 Å². The highest BCUT2D eigenvalue weighted by molar-refractivity contribution is 6.31. The third-order valence-electron chi connectivity index (χ3n) is 8.47. The molecule has 1 saturated heterocycles. The van der Waals surface area contributed by atoms with Crippen molar-refractivity contribution in [2.45, 2.75) is 73.1 Å². The van der Waals surface area contributed by atoms with Crippen LogP contribution in [0.5, 0.6) is 0 Å². The average Bonchev–Trinajstić information content (AvgIpc) is 3.63. The van der Waals surface area contributed by atoms with Crippen LogP contribution in [0.25, 0.3) is 18.2 Å². The number of amides is 2. The molecule has 0 saturated carbocycles. The Balaban J connectivity index is 1.92. The van der Waals surface area contributed by atoms with Crippen LogP contribution in [0, 0.1) is 19.8 Å². The lowest BCUT2D eigenvalue weighted by atomic mass is 10.00. The van der Waals surface area contributed by atoms with Gasteiger partial charge in [0, 0.05) is 46.2 Å². The normalized spacial score (nSPS) is 19.3. The molecule has 4 rings (SSSR count). The molecule has 10 heteroatoms. The molecule has 2 aromatic rings. The Labute approximate surface area is 261 Å². The Bertz CT molecular complexity index is 1840. The van der Waals surface area contributed by atoms with Crippen LogP contribution in [0.15, 0.2) is 46.1 Å². The average molecular weight is 613 g/mol. The van der Waals surface area contributed by atoms with E-state index in [4.69, 9.17) is 0 Å². The topological polar surface area (TPSA) is 165 Å². The molecular weight excluding hydrogens is 572 g/mol. The fourth-order valence-electron chi connectivity index (χ4n) is 5.99. The molecule has 2 aliphatic heterocycles. The SMILES string of the molecule is C=CC1=C(CCC)C(/C=c2/[nH]/c(=C\c3[nH]c(/C=C4\NC(=O)C(C)\C4=C/C)c(C)c3CCC(=O)O)c(CCC(=O)O)c2C)=NC1=O. The summed E-state index contributed by atoms with van der Waals surface area (Å²) in [5.74, 6) is -2.55. The van der Waals surface area contributed by atoms with Crippen LogP contribution in [0.3, 0.4) is 0 Å². The van der Waals surface area contributed by atoms with Crippen molar-refractivity contribution < 1.29 is 29.4 Å². The zero-order valence-corrected chi connectivity index (χ0v) is 26.4. The highest BCUT2D eigenvalue weighted by atomic mass is 16.4. The van der Waals surface area contributed by atoms with Gasteiger partial charge in [0.1, 0.15) is 0 Å². The fraction of sp³-hybridized carbons (Fsp3) is 0.343. The number of carboxylic acid groups (broad SMARTS) is 2. The minimum absolute atomic E-state index is 0.0793. The van der Waals surface area contributed by atoms with Crippen molar-refractivity contribution in [1.29, 1.82) is 0 Å². The number of hydrogen-bond donors (Lipinski definition) is 5. The first kappa shape index (κ1) is 32.9. The third-order valence-corrected chi connectivity index (χ3v) is 8.47. The van der Waals surface area contributed by atoms with Gasteiger partial charge in [-0.1, -0.05) is 32.1 Å². The lowest BCUT2D eigenvalue weighted by Crippen LogP contribution is -2.16. The Hall–Kier alpha value is -4.99. The molecule has 1 fully saturated rings. The number of carbonyl (C=O) groups is 4. The Kier molecular flexibility index (Phi) is 10.1. The van der Waals surface area contributed by atoms with Gasteiger partial charge >= 0.3 is 11.9 Å². The van der Waals surface area contributed by atoms with Crippen LogP contribution in [-0.4, -0.2) is 49.6 Å². The molecule has 0 aliphatic carbocycles. The molecule has 1 unspecified atom stereocenters. The number of nitrogens with one attached hydrogen (secondary N) is 3. The molecule has 236 valence electrons. The maximum absolute atomic E-state index is 12.6. The molecule has 5 N–H and O–H groups in total. The first-order valence-corrected chi connectivity index (χ1v) is 15.1. The van der Waals surface area contributed by atoms with Gasteiger partial charge < -0.3 is 25.5 Å². The summed E-state index contributed by atoms with van der Waals surface area (Å²) in [5, 5.41) is 23.2. The lowest BCUT2D eigenvalue weighted by molar-refractivity contribution is -0.138. The van der Waals surface area contributed by atoms with Gasteiger partial charge in [0.05, 0.1) is 11.6 Å². The maximum Gasteiger partial charge on any atom is 0.303 e. The summed E-state index contributed by atoms with van der Waals surface area (Å²) in [6.45, 7) is 13.3. The number of rotatable bonds is 12. The summed E-state index contributed by atoms with van der Waals surface area (Å²) in [4.78, 5) is 59.2. The number of nitrogens with zero attached hydrogens (tertiary/aromatic N) is 1. The largest absolute Gasteiger partial charge is 0.481 e. The van der Waals surface area contributed by atoms with Gasteiger partial charge in [0.15, 0.2) is 0 Å². The highest BCUT2D eigenvalue weighted by Crippen LogP contribution is 2.29. The standard InChI is InChI=1S/C35H40N4O6/c1-7-10-25-22(9-3)35(45)39-31(25)16-27-19(5)24(12-14-33(42)43)30(37-27)17-29-23(11-13-32(40)41)18(4)26(36-29)15-28-21(8-2)20(6)34(44)38-28/h8-9,15-17,20,36-37H,3,7,10-14H2,1-2,4-6H3,(H,38,44)(H,40,41)(H,42,43)/b21-8+,27-16+,28-15-,30-17-. The van der Waals surface area contributed by atoms with Gasteiger partial charge in [-0.05, 0) is 98.6 Å². The zero-order chi connectivity index (χ0) is 33.0. The van der Waals surface area contributed by atoms with E-state index in [1.807, 2.05) is 58.9 Å². The van der Waals surface area contributed by atoms with E-state index in [0.717, 1.165) is 45.5 Å². The summed E-state index contributed by atoms with van der Waals surface area (Å²) < 4.78 is 0. The molecular formula is C35H40N4O6. The first-order valence-electron chi connectivity index (χ1n) is 15.1. The number of carbonyl (C=O) groups excluding carboxylic acids is 2. The number of H-pyrrole nitrogens is 2. The summed E-state index contributed by atoms with van der Waals surface area (Å²) in [6, 6.07) is 0. The molecule has 4 heterocycles. The molecule has 0 bridgehead atoms. The number of carboxylic acids is 2. The number of aromatic amines is 2. The van der Waals surface area contributed by atoms with E-state index in [9.17, 15) is 29.4 Å². The van der Waals surface area contributed by atoms with Crippen LogP contribution in [-0.2, 0) is 32.0 Å². The monoisotopic (exact) mass is 612 g/mol. The van der Waals surface area contributed by atoms with E-state index in [-0.39, 0.29) is 43.4 Å². The second-order valence-electron chi connectivity index (χ2n) is 11.3. The van der Waals surface area contributed by atoms with Gasteiger partial charge in [-0.3, -0.25) is 19.2 Å². The fourth-order valence-corrected chi connectivity index (χ4v) is 5.99. The van der Waals surface area contributed by atoms with Crippen LogP contribution in [0.4, 0.5) is 0 Å². The van der Waals surface area contributed by atoms with E-state index in [1.165, 1.54) is 6.08 Å². The minimum Gasteiger partial charge on any atom is -0.481 e. The summed E-state index contributed by atoms with van der Waals surface area (Å²) in [6.07, 6.45) is 10.8. The van der Waals surface area contributed by atoms with Crippen LogP contribution in [0.2, 0.25) is 0 Å². The molecule has 2 aromatic heterocycles. The quantitative estimate of drug-likeness (QED) is 0.244. The molecule has 0 aromatic carbocycles. The highest BCUT2D eigenvalue weighted by Gasteiger charge is 2.29. The predicted octanol–water partition coefficient (Wildman–Crippen LogP) is 3.92. The molecule has 45 heavy (non-hydrogen) atoms. The van der Waals surface area contributed by atoms with Crippen molar-refractivity contribution >= 4 is 47.7 Å². The molecule has 0 spiro atoms. The lowest BCUT2D eigenvalue weighted by Gasteiger charge is -2.03. The van der Waals surface area contributed by atoms with Gasteiger partial charge in [-0.15, -0.1) is 0 Å². The summed E-state index contributed by atoms with van der Waals surface area (Å²) in [7, 11) is 0. The zero-order valence-electron chi connectivity index (χ0n) is 26.4. The predicted molar refractivity (Wildman–Crippen MR) is 174 cm³/mol. The van der Waals surface area contributed by atoms with E-state index in [1.54, 1.807) is 0 Å². The maximum atomic E-state index is 12.6. The second-order valence-corrected chi connectivity index (χ2v) is 11.3. The van der Waals surface area contributed by atoms with Crippen molar-refractivity contribution in [1.82, 2.24) is 15.3 Å². The van der Waals surface area contributed by atoms with Gasteiger partial charge in [-0.2, -0.15) is 0 Å². The van der Waals surface area contributed by atoms with E-state index >= 15 is 0 Å². The Morgan fingerprint density at radius 2 is 1.58 bits per heavy atom. The smallest absolute Gasteiger partial charge is 0.303 e. The summed E-state index contributed by atoms with van der Waals surface area (Å²) in [5.41, 5.74) is 8.14. The number of aliphatic imine (C=N–C) groups is 1. The number of aliphatic carboxylic acids is 2. The van der Waals surface area contributed by atoms with Gasteiger partial charge in [0.2, 0.25) is 5.91 Å². The molecule has 10 nitrogen and oxygen atoms in total. The van der Waals surface area contributed by atoms with Crippen molar-refractivity contribution in [2.75, 3.05) is 0 Å². The molecule has 1 atom stereocenters. The molecule has 0 radical (unpaired) electrons. The number of allylic oxidation sites excluding steroid dienone is 3. The van der Waals surface area contributed by atoms with Crippen LogP contribution < -0.4 is 16.0 Å². The summed E-state index contributed by atoms with van der Waals surface area (Å²) >= 11 is 0. The minimum atomic E-state index is -0.930. The van der Waals surface area contributed by atoms with Crippen molar-refractivity contribution in [3.8, 4) is 0 Å². The van der Waals surface area contributed by atoms with Crippen LogP contribution in [0.1, 0.15) is 80.1 Å². The Morgan fingerprint density at radius 3 is 2.18 bits per heavy atom. The van der Waals surface area contributed by atoms with Gasteiger partial charge in [0.25, 0.3) is 5.91 Å². The number of aromatic nitrogens is 2. The number of hydrogen-bond acceptors (Lipinski definition) is 4. The van der Waals surface area contributed by atoms with Gasteiger partial charge in [-0.25, -0.2) is 4.99 Å². The first-order chi connectivity index (χ1) is 21.4. The van der Waals surface area contributed by atoms with Crippen molar-refractivity contribution in [3.05, 3.63) is 85.5 Å². The second kappa shape index (κ2) is 13.8. The van der Waals surface area contributed by atoms with Crippen molar-refractivity contribution in [3.63, 3.8) is 0 Å². The Morgan fingerprint density at radius 1 is 0.911 bits per heavy atom. The molecule has 2 amide bonds. The van der Waals surface area contributed by atoms with Crippen molar-refractivity contribution in [2.24, 2.45) is 10.9 Å².